The molecule has 0 amide bonds. The van der Waals surface area contributed by atoms with E-state index in [1.807, 2.05) is 85.8 Å². The van der Waals surface area contributed by atoms with Crippen LogP contribution in [0.2, 0.25) is 5.02 Å². The van der Waals surface area contributed by atoms with Gasteiger partial charge >= 0.3 is 5.97 Å². The summed E-state index contributed by atoms with van der Waals surface area (Å²) >= 11 is 7.61. The molecule has 8 heteroatoms. The van der Waals surface area contributed by atoms with Gasteiger partial charge in [-0.3, -0.25) is 14.4 Å². The molecule has 1 heterocycles. The molecule has 1 aliphatic heterocycles. The number of esters is 1. The Balaban J connectivity index is 1.41. The highest BCUT2D eigenvalue weighted by Crippen LogP contribution is 2.45. The summed E-state index contributed by atoms with van der Waals surface area (Å²) in [6, 6.07) is 21.1. The maximum absolute atomic E-state index is 13.8. The molecule has 0 bridgehead atoms. The van der Waals surface area contributed by atoms with Crippen molar-refractivity contribution in [3.8, 4) is 0 Å². The van der Waals surface area contributed by atoms with Crippen molar-refractivity contribution in [3.63, 3.8) is 0 Å². The Hall–Kier alpha value is -3.94. The minimum absolute atomic E-state index is 0.0197. The van der Waals surface area contributed by atoms with Crippen molar-refractivity contribution in [2.24, 2.45) is 4.99 Å². The zero-order chi connectivity index (χ0) is 30.5. The molecule has 2 aliphatic rings. The molecular weight excluding hydrogens is 580 g/mol. The van der Waals surface area contributed by atoms with Crippen LogP contribution in [0, 0.1) is 6.92 Å². The molecule has 1 unspecified atom stereocenters. The van der Waals surface area contributed by atoms with E-state index >= 15 is 0 Å². The predicted octanol–water partition coefficient (Wildman–Crippen LogP) is 7.51. The fraction of sp³-hybridized carbons (Fsp3) is 0.257. The van der Waals surface area contributed by atoms with Gasteiger partial charge in [0.2, 0.25) is 5.78 Å². The number of anilines is 1. The third kappa shape index (κ3) is 6.84. The van der Waals surface area contributed by atoms with Crippen LogP contribution in [-0.2, 0) is 14.3 Å². The second kappa shape index (κ2) is 13.6. The Bertz CT molecular complexity index is 1660. The van der Waals surface area contributed by atoms with Gasteiger partial charge in [-0.15, -0.1) is 11.8 Å². The summed E-state index contributed by atoms with van der Waals surface area (Å²) in [6.07, 6.45) is 4.98. The lowest BCUT2D eigenvalue weighted by molar-refractivity contribution is -0.140. The lowest BCUT2D eigenvalue weighted by atomic mass is 9.88. The highest BCUT2D eigenvalue weighted by atomic mass is 35.5. The third-order valence-electron chi connectivity index (χ3n) is 7.69. The van der Waals surface area contributed by atoms with Crippen molar-refractivity contribution >= 4 is 57.9 Å². The largest absolute Gasteiger partial charge is 0.443 e. The molecule has 3 aromatic carbocycles. The van der Waals surface area contributed by atoms with Crippen LogP contribution in [0.25, 0.3) is 5.57 Å². The molecule has 0 fully saturated rings. The average molecular weight is 613 g/mol. The number of hydrogen-bond acceptors (Lipinski definition) is 7. The van der Waals surface area contributed by atoms with Crippen LogP contribution >= 0.6 is 23.4 Å². The number of likely N-dealkylation sites (N-methyl/N-ethyl adjacent to an activating group) is 1. The summed E-state index contributed by atoms with van der Waals surface area (Å²) in [5, 5.41) is 0.667. The number of Topliss-reactive ketones (excluding diaryl/α,β-unsaturated/α-hetero) is 1. The van der Waals surface area contributed by atoms with Crippen molar-refractivity contribution in [3.05, 3.63) is 112 Å². The molecule has 0 aromatic heterocycles. The van der Waals surface area contributed by atoms with Crippen LogP contribution in [-0.4, -0.2) is 48.3 Å². The second-order valence-electron chi connectivity index (χ2n) is 10.4. The maximum atomic E-state index is 13.8. The fourth-order valence-electron chi connectivity index (χ4n) is 5.53. The van der Waals surface area contributed by atoms with Gasteiger partial charge in [-0.05, 0) is 79.9 Å². The van der Waals surface area contributed by atoms with Gasteiger partial charge in [-0.1, -0.05) is 41.9 Å². The van der Waals surface area contributed by atoms with Gasteiger partial charge in [0.05, 0.1) is 11.8 Å². The molecule has 0 radical (unpaired) electrons. The van der Waals surface area contributed by atoms with Crippen LogP contribution in [0.5, 0.6) is 0 Å². The zero-order valence-corrected chi connectivity index (χ0v) is 26.0. The molecule has 0 N–H and O–H groups in total. The lowest BCUT2D eigenvalue weighted by Crippen LogP contribution is -2.32. The molecule has 3 aromatic rings. The average Bonchev–Trinajstić information content (AvgIpc) is 3.32. The number of halogens is 1. The molecule has 1 atom stereocenters. The summed E-state index contributed by atoms with van der Waals surface area (Å²) in [7, 11) is 0. The molecule has 43 heavy (non-hydrogen) atoms. The first-order valence-corrected chi connectivity index (χ1v) is 15.7. The molecule has 1 aliphatic carbocycles. The number of hydrogen-bond donors (Lipinski definition) is 0. The number of thioether (sulfide) groups is 1. The Morgan fingerprint density at radius 1 is 1.07 bits per heavy atom. The zero-order valence-electron chi connectivity index (χ0n) is 24.4. The number of aryl methyl sites for hydroxylation is 1. The summed E-state index contributed by atoms with van der Waals surface area (Å²) < 4.78 is 5.04. The van der Waals surface area contributed by atoms with E-state index in [0.717, 1.165) is 33.8 Å². The Kier molecular flexibility index (Phi) is 9.63. The normalized spacial score (nSPS) is 15.8. The van der Waals surface area contributed by atoms with E-state index in [9.17, 15) is 14.4 Å². The number of carbonyl (C=O) groups excluding carboxylic acids is 3. The molecule has 0 saturated carbocycles. The van der Waals surface area contributed by atoms with E-state index in [-0.39, 0.29) is 24.3 Å². The van der Waals surface area contributed by atoms with E-state index in [2.05, 4.69) is 16.8 Å². The number of nitrogens with zero attached hydrogens (tertiary/aromatic N) is 2. The van der Waals surface area contributed by atoms with Gasteiger partial charge < -0.3 is 9.64 Å². The number of ether oxygens (including phenoxy) is 1. The Morgan fingerprint density at radius 3 is 2.56 bits per heavy atom. The molecule has 6 nitrogen and oxygen atoms in total. The van der Waals surface area contributed by atoms with E-state index in [1.165, 1.54) is 6.92 Å². The van der Waals surface area contributed by atoms with E-state index in [4.69, 9.17) is 16.3 Å². The van der Waals surface area contributed by atoms with Crippen LogP contribution < -0.4 is 4.90 Å². The van der Waals surface area contributed by atoms with Gasteiger partial charge in [-0.2, -0.15) is 0 Å². The number of fused-ring (bicyclic) bond motifs is 3. The van der Waals surface area contributed by atoms with Crippen LogP contribution in [0.4, 0.5) is 5.69 Å². The van der Waals surface area contributed by atoms with E-state index < -0.39 is 5.97 Å². The minimum Gasteiger partial charge on any atom is -0.443 e. The first-order valence-electron chi connectivity index (χ1n) is 14.3. The van der Waals surface area contributed by atoms with Crippen LogP contribution in [0.3, 0.4) is 0 Å². The summed E-state index contributed by atoms with van der Waals surface area (Å²) in [4.78, 5) is 46.4. The van der Waals surface area contributed by atoms with Gasteiger partial charge in [0.15, 0.2) is 12.5 Å². The molecule has 0 saturated heterocycles. The topological polar surface area (TPSA) is 76.0 Å². The standard InChI is InChI=1S/C35H33ClN2O4S/c1-4-38-32-15-9-24(34(40)28-8-6-5-7-22(28)2)19-29(32)30-20-25(10-16-33(30)38)35(41)31(37-21-42-23(3)39)17-18-43-27-13-11-26(36)12-14-27/h5-15,19-20,33H,4,16-18,21H2,1-3H3. The predicted molar refractivity (Wildman–Crippen MR) is 174 cm³/mol. The number of rotatable bonds is 11. The number of ketones is 2. The second-order valence-corrected chi connectivity index (χ2v) is 12.0. The Morgan fingerprint density at radius 2 is 1.84 bits per heavy atom. The number of allylic oxidation sites excluding steroid dienone is 2. The molecule has 220 valence electrons. The molecule has 5 rings (SSSR count). The molecular formula is C35H33ClN2O4S. The lowest BCUT2D eigenvalue weighted by Gasteiger charge is -2.28. The third-order valence-corrected chi connectivity index (χ3v) is 8.95. The van der Waals surface area contributed by atoms with E-state index in [0.29, 0.717) is 46.0 Å². The number of aliphatic imine (C=N–C) groups is 1. The monoisotopic (exact) mass is 612 g/mol. The van der Waals surface area contributed by atoms with Gasteiger partial charge in [0.25, 0.3) is 0 Å². The summed E-state index contributed by atoms with van der Waals surface area (Å²) in [5.41, 5.74) is 6.22. The summed E-state index contributed by atoms with van der Waals surface area (Å²) in [6.45, 7) is 5.97. The van der Waals surface area contributed by atoms with Crippen LogP contribution in [0.15, 0.2) is 94.3 Å². The van der Waals surface area contributed by atoms with Crippen molar-refractivity contribution < 1.29 is 19.1 Å². The van der Waals surface area contributed by atoms with Crippen LogP contribution in [0.1, 0.15) is 53.7 Å². The number of benzene rings is 3. The maximum Gasteiger partial charge on any atom is 0.304 e. The van der Waals surface area contributed by atoms with Crippen molar-refractivity contribution in [1.29, 1.82) is 0 Å². The summed E-state index contributed by atoms with van der Waals surface area (Å²) in [5.74, 6) is -0.0337. The van der Waals surface area contributed by atoms with Crippen molar-refractivity contribution in [1.82, 2.24) is 0 Å². The quantitative estimate of drug-likeness (QED) is 0.0965. The van der Waals surface area contributed by atoms with Crippen molar-refractivity contribution in [2.75, 3.05) is 23.9 Å². The number of carbonyl (C=O) groups is 3. The van der Waals surface area contributed by atoms with Gasteiger partial charge in [0.1, 0.15) is 0 Å². The molecule has 0 spiro atoms. The fourth-order valence-corrected chi connectivity index (χ4v) is 6.51. The first-order chi connectivity index (χ1) is 20.8. The Labute approximate surface area is 261 Å². The minimum atomic E-state index is -0.453. The van der Waals surface area contributed by atoms with Gasteiger partial charge in [0, 0.05) is 63.5 Å². The SMILES string of the molecule is CCN1c2ccc(C(=O)c3ccccc3C)cc2C2=CC(C(=O)C(CCSc3ccc(Cl)cc3)=NCOC(C)=O)=CCC21. The highest BCUT2D eigenvalue weighted by molar-refractivity contribution is 7.99. The van der Waals surface area contributed by atoms with Crippen molar-refractivity contribution in [2.45, 2.75) is 44.6 Å². The van der Waals surface area contributed by atoms with E-state index in [1.54, 1.807) is 11.8 Å². The highest BCUT2D eigenvalue weighted by Gasteiger charge is 2.36. The smallest absolute Gasteiger partial charge is 0.304 e. The van der Waals surface area contributed by atoms with Gasteiger partial charge in [-0.25, -0.2) is 4.99 Å². The first kappa shape index (κ1) is 30.5.